The zero-order valence-corrected chi connectivity index (χ0v) is 13.8. The quantitative estimate of drug-likeness (QED) is 0.879. The summed E-state index contributed by atoms with van der Waals surface area (Å²) in [7, 11) is 0. The molecule has 0 bridgehead atoms. The third-order valence-corrected chi connectivity index (χ3v) is 4.45. The number of hydrogen-bond acceptors (Lipinski definition) is 3. The van der Waals surface area contributed by atoms with E-state index in [4.69, 9.17) is 9.84 Å². The van der Waals surface area contributed by atoms with Crippen LogP contribution < -0.4 is 10.1 Å². The number of nitrogens with one attached hydrogen (secondary N) is 1. The predicted octanol–water partition coefficient (Wildman–Crippen LogP) is 3.03. The van der Waals surface area contributed by atoms with E-state index in [2.05, 4.69) is 19.2 Å². The third-order valence-electron chi connectivity index (χ3n) is 4.45. The summed E-state index contributed by atoms with van der Waals surface area (Å²) >= 11 is 0. The lowest BCUT2D eigenvalue weighted by molar-refractivity contribution is -0.128. The van der Waals surface area contributed by atoms with Crippen molar-refractivity contribution in [3.8, 4) is 5.75 Å². The predicted molar refractivity (Wildman–Crippen MR) is 86.6 cm³/mol. The Labute approximate surface area is 132 Å². The molecule has 1 saturated carbocycles. The lowest BCUT2D eigenvalue weighted by Crippen LogP contribution is -2.44. The van der Waals surface area contributed by atoms with Crippen LogP contribution in [0.1, 0.15) is 52.0 Å². The zero-order chi connectivity index (χ0) is 16.2. The van der Waals surface area contributed by atoms with Crippen molar-refractivity contribution in [2.24, 2.45) is 5.41 Å². The molecule has 0 aliphatic heterocycles. The number of carbonyl (C=O) groups is 1. The molecular formula is C18H27NO3. The van der Waals surface area contributed by atoms with Crippen LogP contribution in [0, 0.1) is 5.41 Å². The highest BCUT2D eigenvalue weighted by Crippen LogP contribution is 2.35. The van der Waals surface area contributed by atoms with Gasteiger partial charge >= 0.3 is 0 Å². The van der Waals surface area contributed by atoms with Crippen molar-refractivity contribution >= 4 is 5.91 Å². The summed E-state index contributed by atoms with van der Waals surface area (Å²) in [5.41, 5.74) is 1.17. The summed E-state index contributed by atoms with van der Waals surface area (Å²) in [5, 5.41) is 12.2. The maximum Gasteiger partial charge on any atom is 0.260 e. The molecule has 1 aromatic carbocycles. The first-order valence-corrected chi connectivity index (χ1v) is 8.06. The second-order valence-corrected chi connectivity index (χ2v) is 7.01. The highest BCUT2D eigenvalue weighted by Gasteiger charge is 2.28. The topological polar surface area (TPSA) is 58.6 Å². The number of amides is 1. The van der Waals surface area contributed by atoms with Crippen molar-refractivity contribution in [1.82, 2.24) is 5.32 Å². The molecule has 0 heterocycles. The van der Waals surface area contributed by atoms with Crippen LogP contribution in [0.4, 0.5) is 0 Å². The molecule has 2 N–H and O–H groups in total. The molecule has 1 fully saturated rings. The highest BCUT2D eigenvalue weighted by molar-refractivity contribution is 5.81. The minimum absolute atomic E-state index is 0.0321. The van der Waals surface area contributed by atoms with Gasteiger partial charge in [0.2, 0.25) is 0 Å². The third kappa shape index (κ3) is 4.73. The second-order valence-electron chi connectivity index (χ2n) is 7.01. The standard InChI is InChI=1S/C18H27NO3/c1-13(22-16-6-4-5-14(11-16)12-20)17(21)19-15-7-9-18(2,3)10-8-15/h4-6,11,13,15,20H,7-10,12H2,1-3H3,(H,19,21). The Morgan fingerprint density at radius 2 is 2.09 bits per heavy atom. The number of aliphatic hydroxyl groups is 1. The van der Waals surface area contributed by atoms with Gasteiger partial charge in [-0.05, 0) is 55.7 Å². The highest BCUT2D eigenvalue weighted by atomic mass is 16.5. The molecule has 0 saturated heterocycles. The van der Waals surface area contributed by atoms with Crippen LogP contribution in [0.2, 0.25) is 0 Å². The molecule has 4 nitrogen and oxygen atoms in total. The Hall–Kier alpha value is -1.55. The Bertz CT molecular complexity index is 503. The van der Waals surface area contributed by atoms with Crippen molar-refractivity contribution < 1.29 is 14.6 Å². The molecule has 1 unspecified atom stereocenters. The van der Waals surface area contributed by atoms with E-state index in [0.29, 0.717) is 11.2 Å². The van der Waals surface area contributed by atoms with Crippen LogP contribution in [-0.2, 0) is 11.4 Å². The van der Waals surface area contributed by atoms with Gasteiger partial charge in [0, 0.05) is 6.04 Å². The van der Waals surface area contributed by atoms with Crippen molar-refractivity contribution in [2.45, 2.75) is 65.2 Å². The molecular weight excluding hydrogens is 278 g/mol. The fraction of sp³-hybridized carbons (Fsp3) is 0.611. The van der Waals surface area contributed by atoms with Gasteiger partial charge in [-0.25, -0.2) is 0 Å². The molecule has 0 spiro atoms. The van der Waals surface area contributed by atoms with E-state index < -0.39 is 6.10 Å². The number of ether oxygens (including phenoxy) is 1. The first-order valence-electron chi connectivity index (χ1n) is 8.06. The number of hydrogen-bond donors (Lipinski definition) is 2. The number of aliphatic hydroxyl groups excluding tert-OH is 1. The number of rotatable bonds is 5. The minimum Gasteiger partial charge on any atom is -0.481 e. The smallest absolute Gasteiger partial charge is 0.260 e. The van der Waals surface area contributed by atoms with Gasteiger partial charge in [-0.3, -0.25) is 4.79 Å². The fourth-order valence-electron chi connectivity index (χ4n) is 2.84. The summed E-state index contributed by atoms with van der Waals surface area (Å²) in [6, 6.07) is 7.45. The second kappa shape index (κ2) is 7.14. The van der Waals surface area contributed by atoms with Gasteiger partial charge in [-0.2, -0.15) is 0 Å². The van der Waals surface area contributed by atoms with Gasteiger partial charge < -0.3 is 15.2 Å². The summed E-state index contributed by atoms with van der Waals surface area (Å²) in [5.74, 6) is 0.540. The maximum atomic E-state index is 12.2. The van der Waals surface area contributed by atoms with Gasteiger partial charge in [-0.1, -0.05) is 26.0 Å². The molecule has 2 rings (SSSR count). The van der Waals surface area contributed by atoms with Gasteiger partial charge in [0.05, 0.1) is 6.61 Å². The molecule has 22 heavy (non-hydrogen) atoms. The molecule has 4 heteroatoms. The lowest BCUT2D eigenvalue weighted by atomic mass is 9.75. The molecule has 1 atom stereocenters. The Morgan fingerprint density at radius 3 is 2.73 bits per heavy atom. The van der Waals surface area contributed by atoms with Crippen molar-refractivity contribution in [2.75, 3.05) is 0 Å². The van der Waals surface area contributed by atoms with Crippen LogP contribution in [0.5, 0.6) is 5.75 Å². The van der Waals surface area contributed by atoms with E-state index in [1.807, 2.05) is 12.1 Å². The largest absolute Gasteiger partial charge is 0.481 e. The first-order chi connectivity index (χ1) is 10.4. The van der Waals surface area contributed by atoms with Crippen molar-refractivity contribution in [3.63, 3.8) is 0 Å². The average molecular weight is 305 g/mol. The van der Waals surface area contributed by atoms with Crippen LogP contribution in [0.3, 0.4) is 0 Å². The SMILES string of the molecule is CC(Oc1cccc(CO)c1)C(=O)NC1CCC(C)(C)CC1. The van der Waals surface area contributed by atoms with E-state index in [-0.39, 0.29) is 18.6 Å². The van der Waals surface area contributed by atoms with E-state index in [1.54, 1.807) is 19.1 Å². The van der Waals surface area contributed by atoms with Crippen LogP contribution in [0.15, 0.2) is 24.3 Å². The molecule has 122 valence electrons. The van der Waals surface area contributed by atoms with E-state index in [9.17, 15) is 4.79 Å². The monoisotopic (exact) mass is 305 g/mol. The van der Waals surface area contributed by atoms with Crippen molar-refractivity contribution in [1.29, 1.82) is 0 Å². The van der Waals surface area contributed by atoms with E-state index in [0.717, 1.165) is 31.2 Å². The first kappa shape index (κ1) is 16.8. The van der Waals surface area contributed by atoms with Crippen LogP contribution in [-0.4, -0.2) is 23.2 Å². The van der Waals surface area contributed by atoms with E-state index >= 15 is 0 Å². The van der Waals surface area contributed by atoms with Crippen LogP contribution >= 0.6 is 0 Å². The molecule has 0 radical (unpaired) electrons. The summed E-state index contributed by atoms with van der Waals surface area (Å²) in [6.07, 6.45) is 3.82. The van der Waals surface area contributed by atoms with Crippen LogP contribution in [0.25, 0.3) is 0 Å². The van der Waals surface area contributed by atoms with Crippen molar-refractivity contribution in [3.05, 3.63) is 29.8 Å². The summed E-state index contributed by atoms with van der Waals surface area (Å²) in [6.45, 7) is 6.29. The molecule has 1 amide bonds. The molecule has 1 aromatic rings. The number of benzene rings is 1. The summed E-state index contributed by atoms with van der Waals surface area (Å²) in [4.78, 5) is 12.2. The van der Waals surface area contributed by atoms with Gasteiger partial charge in [0.25, 0.3) is 5.91 Å². The Morgan fingerprint density at radius 1 is 1.41 bits per heavy atom. The summed E-state index contributed by atoms with van der Waals surface area (Å²) < 4.78 is 5.68. The Kier molecular flexibility index (Phi) is 5.46. The van der Waals surface area contributed by atoms with E-state index in [1.165, 1.54) is 0 Å². The lowest BCUT2D eigenvalue weighted by Gasteiger charge is -2.35. The minimum atomic E-state index is -0.538. The molecule has 1 aliphatic rings. The van der Waals surface area contributed by atoms with Gasteiger partial charge in [-0.15, -0.1) is 0 Å². The van der Waals surface area contributed by atoms with Gasteiger partial charge in [0.15, 0.2) is 6.10 Å². The fourth-order valence-corrected chi connectivity index (χ4v) is 2.84. The normalized spacial score (nSPS) is 19.5. The molecule has 0 aromatic heterocycles. The maximum absolute atomic E-state index is 12.2. The average Bonchev–Trinajstić information content (AvgIpc) is 2.49. The molecule has 1 aliphatic carbocycles. The Balaban J connectivity index is 1.84. The number of carbonyl (C=O) groups excluding carboxylic acids is 1. The zero-order valence-electron chi connectivity index (χ0n) is 13.8. The van der Waals surface area contributed by atoms with Gasteiger partial charge in [0.1, 0.15) is 5.75 Å².